The van der Waals surface area contributed by atoms with Crippen molar-refractivity contribution in [2.45, 2.75) is 25.9 Å². The molecule has 1 aromatic heterocycles. The highest BCUT2D eigenvalue weighted by Gasteiger charge is 2.32. The molecular formula is C17H16F4N4O3. The number of hydrogen-bond donors (Lipinski definition) is 2. The van der Waals surface area contributed by atoms with Crippen molar-refractivity contribution in [1.29, 1.82) is 0 Å². The number of methoxy groups -OCH3 is 1. The van der Waals surface area contributed by atoms with Gasteiger partial charge in [-0.1, -0.05) is 6.07 Å². The number of aromatic nitrogens is 2. The summed E-state index contributed by atoms with van der Waals surface area (Å²) in [5.41, 5.74) is 2.68. The van der Waals surface area contributed by atoms with Gasteiger partial charge in [-0.25, -0.2) is 9.37 Å². The Morgan fingerprint density at radius 1 is 1.14 bits per heavy atom. The van der Waals surface area contributed by atoms with Gasteiger partial charge in [-0.05, 0) is 26.0 Å². The number of halogens is 4. The van der Waals surface area contributed by atoms with Crippen LogP contribution in [0.15, 0.2) is 24.3 Å². The van der Waals surface area contributed by atoms with Crippen molar-refractivity contribution in [3.05, 3.63) is 52.7 Å². The zero-order valence-corrected chi connectivity index (χ0v) is 15.0. The number of rotatable bonds is 4. The van der Waals surface area contributed by atoms with Crippen molar-refractivity contribution in [3.63, 3.8) is 0 Å². The largest absolute Gasteiger partial charge is 0.481 e. The molecule has 2 N–H and O–H groups in total. The number of nitrogens with zero attached hydrogens (tertiary/aromatic N) is 2. The van der Waals surface area contributed by atoms with Crippen molar-refractivity contribution in [1.82, 2.24) is 20.8 Å². The summed E-state index contributed by atoms with van der Waals surface area (Å²) in [6, 6.07) is 3.11. The number of ether oxygens (including phenoxy) is 1. The molecule has 2 rings (SSSR count). The Morgan fingerprint density at radius 3 is 2.39 bits per heavy atom. The minimum absolute atomic E-state index is 0.0852. The van der Waals surface area contributed by atoms with E-state index in [0.29, 0.717) is 12.1 Å². The predicted octanol–water partition coefficient (Wildman–Crippen LogP) is 2.52. The fraction of sp³-hybridized carbons (Fsp3) is 0.294. The molecular weight excluding hydrogens is 384 g/mol. The molecule has 0 bridgehead atoms. The van der Waals surface area contributed by atoms with Gasteiger partial charge in [-0.2, -0.15) is 18.2 Å². The first-order chi connectivity index (χ1) is 13.0. The van der Waals surface area contributed by atoms with Crippen LogP contribution in [0.4, 0.5) is 17.6 Å². The number of amides is 2. The molecule has 7 nitrogen and oxygen atoms in total. The third-order valence-electron chi connectivity index (χ3n) is 3.74. The summed E-state index contributed by atoms with van der Waals surface area (Å²) in [6.45, 7) is 2.82. The highest BCUT2D eigenvalue weighted by Crippen LogP contribution is 2.31. The van der Waals surface area contributed by atoms with Gasteiger partial charge in [0.15, 0.2) is 0 Å². The summed E-state index contributed by atoms with van der Waals surface area (Å²) in [4.78, 5) is 32.0. The SMILES string of the molecule is COc1cc(C(=O)NNC(=O)C(C)c2ccc(C(F)(F)F)cc2F)nc(C)n1. The number of hydrogen-bond acceptors (Lipinski definition) is 5. The molecule has 0 aliphatic rings. The molecule has 150 valence electrons. The number of hydrazine groups is 1. The quantitative estimate of drug-likeness (QED) is 0.608. The van der Waals surface area contributed by atoms with Crippen LogP contribution in [0, 0.1) is 12.7 Å². The smallest absolute Gasteiger partial charge is 0.416 e. The van der Waals surface area contributed by atoms with E-state index in [0.717, 1.165) is 6.07 Å². The predicted molar refractivity (Wildman–Crippen MR) is 88.7 cm³/mol. The van der Waals surface area contributed by atoms with Gasteiger partial charge in [0, 0.05) is 11.6 Å². The van der Waals surface area contributed by atoms with Gasteiger partial charge in [-0.15, -0.1) is 0 Å². The fourth-order valence-electron chi connectivity index (χ4n) is 2.25. The lowest BCUT2D eigenvalue weighted by Gasteiger charge is -2.15. The standard InChI is InChI=1S/C17H16F4N4O3/c1-8(11-5-4-10(6-12(11)18)17(19,20)21)15(26)24-25-16(27)13-7-14(28-3)23-9(2)22-13/h4-8H,1-3H3,(H,24,26)(H,25,27). The molecule has 0 fully saturated rings. The van der Waals surface area contributed by atoms with Crippen LogP contribution in [0.1, 0.15) is 40.3 Å². The maximum atomic E-state index is 14.0. The molecule has 1 atom stereocenters. The van der Waals surface area contributed by atoms with E-state index in [1.54, 1.807) is 0 Å². The molecule has 0 aliphatic carbocycles. The van der Waals surface area contributed by atoms with Gasteiger partial charge in [0.2, 0.25) is 11.8 Å². The van der Waals surface area contributed by atoms with E-state index < -0.39 is 35.3 Å². The molecule has 1 aromatic carbocycles. The van der Waals surface area contributed by atoms with E-state index in [2.05, 4.69) is 20.8 Å². The van der Waals surface area contributed by atoms with Crippen LogP contribution in [0.2, 0.25) is 0 Å². The Balaban J connectivity index is 2.07. The minimum atomic E-state index is -4.70. The molecule has 28 heavy (non-hydrogen) atoms. The first-order valence-corrected chi connectivity index (χ1v) is 7.89. The van der Waals surface area contributed by atoms with Gasteiger partial charge in [0.1, 0.15) is 17.3 Å². The number of carbonyl (C=O) groups excluding carboxylic acids is 2. The molecule has 0 radical (unpaired) electrons. The second-order valence-electron chi connectivity index (χ2n) is 5.74. The summed E-state index contributed by atoms with van der Waals surface area (Å²) >= 11 is 0. The molecule has 0 spiro atoms. The van der Waals surface area contributed by atoms with E-state index in [1.807, 2.05) is 0 Å². The molecule has 0 saturated heterocycles. The molecule has 0 saturated carbocycles. The third kappa shape index (κ3) is 4.93. The fourth-order valence-corrected chi connectivity index (χ4v) is 2.25. The Kier molecular flexibility index (Phi) is 6.16. The number of aryl methyl sites for hydroxylation is 1. The summed E-state index contributed by atoms with van der Waals surface area (Å²) < 4.78 is 56.7. The number of nitrogens with one attached hydrogen (secondary N) is 2. The highest BCUT2D eigenvalue weighted by atomic mass is 19.4. The summed E-state index contributed by atoms with van der Waals surface area (Å²) in [5.74, 6) is -3.55. The maximum Gasteiger partial charge on any atom is 0.416 e. The first-order valence-electron chi connectivity index (χ1n) is 7.89. The second-order valence-corrected chi connectivity index (χ2v) is 5.74. The zero-order valence-electron chi connectivity index (χ0n) is 15.0. The molecule has 2 aromatic rings. The lowest BCUT2D eigenvalue weighted by Crippen LogP contribution is -2.44. The molecule has 0 aliphatic heterocycles. The van der Waals surface area contributed by atoms with Gasteiger partial charge in [-0.3, -0.25) is 20.4 Å². The normalized spacial score (nSPS) is 12.2. The first kappa shape index (κ1) is 21.1. The van der Waals surface area contributed by atoms with Crippen LogP contribution in [0.25, 0.3) is 0 Å². The monoisotopic (exact) mass is 400 g/mol. The van der Waals surface area contributed by atoms with Crippen molar-refractivity contribution in [3.8, 4) is 5.88 Å². The van der Waals surface area contributed by atoms with Crippen molar-refractivity contribution < 1.29 is 31.9 Å². The van der Waals surface area contributed by atoms with Crippen LogP contribution in [-0.4, -0.2) is 28.9 Å². The van der Waals surface area contributed by atoms with E-state index in [4.69, 9.17) is 4.74 Å². The Hall–Kier alpha value is -3.24. The van der Waals surface area contributed by atoms with Gasteiger partial charge in [0.25, 0.3) is 5.91 Å². The topological polar surface area (TPSA) is 93.2 Å². The third-order valence-corrected chi connectivity index (χ3v) is 3.74. The lowest BCUT2D eigenvalue weighted by molar-refractivity contribution is -0.137. The Morgan fingerprint density at radius 2 is 1.82 bits per heavy atom. The van der Waals surface area contributed by atoms with Gasteiger partial charge < -0.3 is 4.74 Å². The van der Waals surface area contributed by atoms with E-state index in [-0.39, 0.29) is 23.0 Å². The van der Waals surface area contributed by atoms with Crippen LogP contribution in [0.5, 0.6) is 5.88 Å². The van der Waals surface area contributed by atoms with Crippen LogP contribution in [0.3, 0.4) is 0 Å². The lowest BCUT2D eigenvalue weighted by atomic mass is 9.98. The average Bonchev–Trinajstić information content (AvgIpc) is 2.63. The molecule has 2 amide bonds. The van der Waals surface area contributed by atoms with E-state index >= 15 is 0 Å². The van der Waals surface area contributed by atoms with E-state index in [1.165, 1.54) is 27.0 Å². The minimum Gasteiger partial charge on any atom is -0.481 e. The van der Waals surface area contributed by atoms with Crippen LogP contribution >= 0.6 is 0 Å². The average molecular weight is 400 g/mol. The summed E-state index contributed by atoms with van der Waals surface area (Å²) in [6.07, 6.45) is -4.70. The van der Waals surface area contributed by atoms with Crippen molar-refractivity contribution in [2.75, 3.05) is 7.11 Å². The van der Waals surface area contributed by atoms with Gasteiger partial charge in [0.05, 0.1) is 18.6 Å². The Bertz CT molecular complexity index is 902. The highest BCUT2D eigenvalue weighted by molar-refractivity contribution is 5.94. The molecule has 1 heterocycles. The number of carbonyl (C=O) groups is 2. The second kappa shape index (κ2) is 8.19. The molecule has 11 heteroatoms. The summed E-state index contributed by atoms with van der Waals surface area (Å²) in [7, 11) is 1.35. The molecule has 1 unspecified atom stereocenters. The van der Waals surface area contributed by atoms with Crippen molar-refractivity contribution >= 4 is 11.8 Å². The van der Waals surface area contributed by atoms with Crippen molar-refractivity contribution in [2.24, 2.45) is 0 Å². The maximum absolute atomic E-state index is 14.0. The summed E-state index contributed by atoms with van der Waals surface area (Å²) in [5, 5.41) is 0. The van der Waals surface area contributed by atoms with Gasteiger partial charge >= 0.3 is 6.18 Å². The van der Waals surface area contributed by atoms with E-state index in [9.17, 15) is 27.2 Å². The number of benzene rings is 1. The van der Waals surface area contributed by atoms with Crippen LogP contribution < -0.4 is 15.6 Å². The number of alkyl halides is 3. The van der Waals surface area contributed by atoms with Crippen LogP contribution in [-0.2, 0) is 11.0 Å². The Labute approximate surface area is 157 Å². The zero-order chi connectivity index (χ0) is 21.1.